The Morgan fingerprint density at radius 3 is 2.53 bits per heavy atom. The fourth-order valence-electron chi connectivity index (χ4n) is 2.49. The smallest absolute Gasteiger partial charge is 0.306 e. The zero-order valence-corrected chi connectivity index (χ0v) is 17.7. The van der Waals surface area contributed by atoms with Crippen molar-refractivity contribution in [3.8, 4) is 0 Å². The SMILES string of the molecule is Cc1cc(Br)ccc1NC(=O)COC(=O)CCCC(=O)Nc1cccc([N+](=O)[O-])c1. The number of rotatable bonds is 9. The molecule has 0 bridgehead atoms. The van der Waals surface area contributed by atoms with Crippen molar-refractivity contribution in [2.45, 2.75) is 26.2 Å². The number of amides is 2. The molecule has 0 radical (unpaired) electrons. The summed E-state index contributed by atoms with van der Waals surface area (Å²) >= 11 is 3.34. The Morgan fingerprint density at radius 1 is 1.07 bits per heavy atom. The second kappa shape index (κ2) is 11.1. The average molecular weight is 478 g/mol. The molecule has 9 nitrogen and oxygen atoms in total. The van der Waals surface area contributed by atoms with Crippen LogP contribution in [0.5, 0.6) is 0 Å². The highest BCUT2D eigenvalue weighted by atomic mass is 79.9. The molecule has 10 heteroatoms. The number of hydrogen-bond acceptors (Lipinski definition) is 6. The predicted molar refractivity (Wildman–Crippen MR) is 114 cm³/mol. The number of nitrogens with zero attached hydrogens (tertiary/aromatic N) is 1. The maximum Gasteiger partial charge on any atom is 0.306 e. The van der Waals surface area contributed by atoms with Gasteiger partial charge in [-0.3, -0.25) is 24.5 Å². The Morgan fingerprint density at radius 2 is 1.83 bits per heavy atom. The molecular formula is C20H20BrN3O6. The first-order chi connectivity index (χ1) is 14.2. The highest BCUT2D eigenvalue weighted by Gasteiger charge is 2.12. The quantitative estimate of drug-likeness (QED) is 0.319. The lowest BCUT2D eigenvalue weighted by atomic mass is 10.2. The molecule has 0 aromatic heterocycles. The molecule has 0 atom stereocenters. The number of nitro groups is 1. The van der Waals surface area contributed by atoms with Crippen molar-refractivity contribution in [1.82, 2.24) is 0 Å². The molecule has 2 aromatic rings. The van der Waals surface area contributed by atoms with Crippen LogP contribution in [0, 0.1) is 17.0 Å². The number of carbonyl (C=O) groups excluding carboxylic acids is 3. The van der Waals surface area contributed by atoms with E-state index in [2.05, 4.69) is 26.6 Å². The third kappa shape index (κ3) is 7.63. The summed E-state index contributed by atoms with van der Waals surface area (Å²) in [6.07, 6.45) is 0.210. The van der Waals surface area contributed by atoms with E-state index in [0.717, 1.165) is 10.0 Å². The topological polar surface area (TPSA) is 128 Å². The van der Waals surface area contributed by atoms with Gasteiger partial charge in [-0.2, -0.15) is 0 Å². The number of carbonyl (C=O) groups is 3. The first kappa shape index (κ1) is 23.0. The van der Waals surface area contributed by atoms with Crippen LogP contribution < -0.4 is 10.6 Å². The van der Waals surface area contributed by atoms with Crippen molar-refractivity contribution in [2.75, 3.05) is 17.2 Å². The monoisotopic (exact) mass is 477 g/mol. The maximum absolute atomic E-state index is 11.9. The van der Waals surface area contributed by atoms with Crippen LogP contribution in [-0.2, 0) is 19.1 Å². The molecule has 0 saturated heterocycles. The predicted octanol–water partition coefficient (Wildman–Crippen LogP) is 3.96. The molecule has 0 heterocycles. The summed E-state index contributed by atoms with van der Waals surface area (Å²) in [5.41, 5.74) is 1.65. The van der Waals surface area contributed by atoms with Crippen LogP contribution in [-0.4, -0.2) is 29.3 Å². The van der Waals surface area contributed by atoms with Crippen molar-refractivity contribution in [1.29, 1.82) is 0 Å². The number of nitro benzene ring substituents is 1. The second-order valence-corrected chi connectivity index (χ2v) is 7.29. The minimum Gasteiger partial charge on any atom is -0.456 e. The van der Waals surface area contributed by atoms with E-state index >= 15 is 0 Å². The van der Waals surface area contributed by atoms with E-state index in [9.17, 15) is 24.5 Å². The summed E-state index contributed by atoms with van der Waals surface area (Å²) in [7, 11) is 0. The average Bonchev–Trinajstić information content (AvgIpc) is 2.68. The standard InChI is InChI=1S/C20H20BrN3O6/c1-13-10-14(21)8-9-17(13)23-19(26)12-30-20(27)7-3-6-18(25)22-15-4-2-5-16(11-15)24(28)29/h2,4-5,8-11H,3,6-7,12H2,1H3,(H,22,25)(H,23,26). The van der Waals surface area contributed by atoms with Crippen molar-refractivity contribution < 1.29 is 24.0 Å². The van der Waals surface area contributed by atoms with E-state index in [0.29, 0.717) is 11.4 Å². The number of non-ortho nitro benzene ring substituents is 1. The number of aryl methyl sites for hydroxylation is 1. The van der Waals surface area contributed by atoms with Gasteiger partial charge in [-0.15, -0.1) is 0 Å². The molecule has 0 spiro atoms. The van der Waals surface area contributed by atoms with Crippen molar-refractivity contribution >= 4 is 50.8 Å². The molecule has 2 N–H and O–H groups in total. The third-order valence-corrected chi connectivity index (χ3v) is 4.45. The van der Waals surface area contributed by atoms with E-state index in [1.165, 1.54) is 24.3 Å². The molecule has 0 aliphatic heterocycles. The van der Waals surface area contributed by atoms with Crippen LogP contribution in [0.25, 0.3) is 0 Å². The zero-order valence-electron chi connectivity index (χ0n) is 16.1. The van der Waals surface area contributed by atoms with Crippen LogP contribution in [0.2, 0.25) is 0 Å². The first-order valence-electron chi connectivity index (χ1n) is 9.00. The summed E-state index contributed by atoms with van der Waals surface area (Å²) in [6, 6.07) is 10.9. The molecular weight excluding hydrogens is 458 g/mol. The molecule has 0 aliphatic carbocycles. The van der Waals surface area contributed by atoms with Gasteiger partial charge in [-0.25, -0.2) is 0 Å². The molecule has 2 amide bonds. The van der Waals surface area contributed by atoms with E-state index in [4.69, 9.17) is 4.74 Å². The summed E-state index contributed by atoms with van der Waals surface area (Å²) < 4.78 is 5.80. The molecule has 0 fully saturated rings. The highest BCUT2D eigenvalue weighted by molar-refractivity contribution is 9.10. The van der Waals surface area contributed by atoms with Gasteiger partial charge in [0.15, 0.2) is 6.61 Å². The van der Waals surface area contributed by atoms with Crippen molar-refractivity contribution in [3.05, 3.63) is 62.6 Å². The first-order valence-corrected chi connectivity index (χ1v) is 9.80. The van der Waals surface area contributed by atoms with E-state index < -0.39 is 23.4 Å². The Kier molecular flexibility index (Phi) is 8.48. The summed E-state index contributed by atoms with van der Waals surface area (Å²) in [6.45, 7) is 1.42. The number of nitrogens with one attached hydrogen (secondary N) is 2. The Hall–Kier alpha value is -3.27. The van der Waals surface area contributed by atoms with E-state index in [1.807, 2.05) is 13.0 Å². The molecule has 30 heavy (non-hydrogen) atoms. The summed E-state index contributed by atoms with van der Waals surface area (Å²) in [5.74, 6) is -1.44. The van der Waals surface area contributed by atoms with Crippen LogP contribution in [0.15, 0.2) is 46.9 Å². The zero-order chi connectivity index (χ0) is 22.1. The Bertz CT molecular complexity index is 963. The molecule has 158 valence electrons. The van der Waals surface area contributed by atoms with Crippen LogP contribution in [0.4, 0.5) is 17.1 Å². The van der Waals surface area contributed by atoms with Crippen molar-refractivity contribution in [3.63, 3.8) is 0 Å². The molecule has 0 aliphatic rings. The van der Waals surface area contributed by atoms with Crippen LogP contribution in [0.3, 0.4) is 0 Å². The molecule has 2 rings (SSSR count). The lowest BCUT2D eigenvalue weighted by molar-refractivity contribution is -0.384. The number of esters is 1. The Balaban J connectivity index is 1.68. The number of hydrogen-bond donors (Lipinski definition) is 2. The highest BCUT2D eigenvalue weighted by Crippen LogP contribution is 2.20. The van der Waals surface area contributed by atoms with Gasteiger partial charge in [0, 0.05) is 40.8 Å². The normalized spacial score (nSPS) is 10.2. The van der Waals surface area contributed by atoms with Crippen LogP contribution in [0.1, 0.15) is 24.8 Å². The number of ether oxygens (including phenoxy) is 1. The summed E-state index contributed by atoms with van der Waals surface area (Å²) in [5, 5.41) is 15.9. The fraction of sp³-hybridized carbons (Fsp3) is 0.250. The largest absolute Gasteiger partial charge is 0.456 e. The van der Waals surface area contributed by atoms with Crippen molar-refractivity contribution in [2.24, 2.45) is 0 Å². The second-order valence-electron chi connectivity index (χ2n) is 6.38. The number of benzene rings is 2. The number of anilines is 2. The third-order valence-electron chi connectivity index (χ3n) is 3.95. The molecule has 0 saturated carbocycles. The fourth-order valence-corrected chi connectivity index (χ4v) is 2.96. The molecule has 0 unspecified atom stereocenters. The van der Waals surface area contributed by atoms with Crippen LogP contribution >= 0.6 is 15.9 Å². The van der Waals surface area contributed by atoms with Gasteiger partial charge in [0.1, 0.15) is 0 Å². The maximum atomic E-state index is 11.9. The number of halogens is 1. The lowest BCUT2D eigenvalue weighted by Gasteiger charge is -2.09. The van der Waals surface area contributed by atoms with Gasteiger partial charge < -0.3 is 15.4 Å². The Labute approximate surface area is 181 Å². The lowest BCUT2D eigenvalue weighted by Crippen LogP contribution is -2.21. The van der Waals surface area contributed by atoms with E-state index in [-0.39, 0.29) is 30.9 Å². The minimum atomic E-state index is -0.596. The van der Waals surface area contributed by atoms with Gasteiger partial charge in [0.2, 0.25) is 5.91 Å². The van der Waals surface area contributed by atoms with Gasteiger partial charge in [0.05, 0.1) is 4.92 Å². The molecule has 2 aromatic carbocycles. The van der Waals surface area contributed by atoms with Gasteiger partial charge >= 0.3 is 5.97 Å². The minimum absolute atomic E-state index is 0.0298. The van der Waals surface area contributed by atoms with Gasteiger partial charge in [-0.1, -0.05) is 22.0 Å². The summed E-state index contributed by atoms with van der Waals surface area (Å²) in [4.78, 5) is 45.7. The van der Waals surface area contributed by atoms with E-state index in [1.54, 1.807) is 12.1 Å². The van der Waals surface area contributed by atoms with Gasteiger partial charge in [-0.05, 0) is 43.2 Å². The van der Waals surface area contributed by atoms with Gasteiger partial charge in [0.25, 0.3) is 11.6 Å².